The van der Waals surface area contributed by atoms with Gasteiger partial charge in [0.05, 0.1) is 0 Å². The molecule has 0 aromatic heterocycles. The molecule has 0 bridgehead atoms. The second kappa shape index (κ2) is 6.18. The van der Waals surface area contributed by atoms with Crippen LogP contribution in [0.1, 0.15) is 13.8 Å². The van der Waals surface area contributed by atoms with Crippen molar-refractivity contribution in [2.45, 2.75) is 36.1 Å². The SMILES string of the molecule is C[As](C)SC(C)(C)C(N)C(=O)O.Cl. The van der Waals surface area contributed by atoms with Crippen molar-refractivity contribution in [1.29, 1.82) is 0 Å². The Hall–Kier alpha value is 0.628. The summed E-state index contributed by atoms with van der Waals surface area (Å²) in [5.41, 5.74) is 9.89. The van der Waals surface area contributed by atoms with E-state index in [0.717, 1.165) is 0 Å². The van der Waals surface area contributed by atoms with E-state index in [1.54, 1.807) is 10.0 Å². The first-order valence-corrected chi connectivity index (χ1v) is 10.4. The van der Waals surface area contributed by atoms with Gasteiger partial charge >= 0.3 is 81.2 Å². The van der Waals surface area contributed by atoms with Crippen molar-refractivity contribution in [2.24, 2.45) is 5.73 Å². The summed E-state index contributed by atoms with van der Waals surface area (Å²) in [5.74, 6) is -0.914. The fourth-order valence-electron chi connectivity index (χ4n) is 0.825. The van der Waals surface area contributed by atoms with E-state index < -0.39 is 25.5 Å². The van der Waals surface area contributed by atoms with E-state index in [2.05, 4.69) is 11.4 Å². The third kappa shape index (κ3) is 5.84. The third-order valence-electron chi connectivity index (χ3n) is 1.43. The van der Waals surface area contributed by atoms with Gasteiger partial charge in [0.1, 0.15) is 0 Å². The van der Waals surface area contributed by atoms with Crippen molar-refractivity contribution < 1.29 is 9.90 Å². The molecule has 0 saturated carbocycles. The Morgan fingerprint density at radius 1 is 1.54 bits per heavy atom. The molecule has 0 saturated heterocycles. The van der Waals surface area contributed by atoms with Gasteiger partial charge < -0.3 is 0 Å². The van der Waals surface area contributed by atoms with E-state index in [1.807, 2.05) is 13.8 Å². The van der Waals surface area contributed by atoms with Crippen molar-refractivity contribution in [2.75, 3.05) is 0 Å². The molecule has 3 N–H and O–H groups in total. The molecule has 0 spiro atoms. The van der Waals surface area contributed by atoms with Crippen LogP contribution in [0, 0.1) is 0 Å². The molecule has 3 nitrogen and oxygen atoms in total. The Morgan fingerprint density at radius 2 is 1.92 bits per heavy atom. The van der Waals surface area contributed by atoms with Crippen LogP contribution in [0.3, 0.4) is 0 Å². The molecule has 6 heteroatoms. The second-order valence-electron chi connectivity index (χ2n) is 3.32. The number of nitrogens with two attached hydrogens (primary N) is 1. The van der Waals surface area contributed by atoms with Crippen LogP contribution in [0.15, 0.2) is 0 Å². The predicted molar refractivity (Wildman–Crippen MR) is 62.0 cm³/mol. The number of carboxylic acid groups (broad SMARTS) is 1. The molecule has 0 aliphatic rings. The molecule has 0 aliphatic heterocycles. The van der Waals surface area contributed by atoms with Gasteiger partial charge in [0, 0.05) is 0 Å². The van der Waals surface area contributed by atoms with Crippen molar-refractivity contribution in [3.05, 3.63) is 0 Å². The van der Waals surface area contributed by atoms with Gasteiger partial charge in [0.2, 0.25) is 0 Å². The molecule has 0 radical (unpaired) electrons. The predicted octanol–water partition coefficient (Wildman–Crippen LogP) is 1.58. The summed E-state index contributed by atoms with van der Waals surface area (Å²) in [7, 11) is 1.73. The van der Waals surface area contributed by atoms with Crippen LogP contribution in [0.2, 0.25) is 11.4 Å². The standard InChI is InChI=1S/C7H16AsNO2S.ClH/c1-7(2,12-8(3)4)5(9)6(10)11;/h5H,9H2,1-4H3,(H,10,11);1H. The largest absolute Gasteiger partial charge is 0.147 e. The van der Waals surface area contributed by atoms with Gasteiger partial charge in [-0.15, -0.1) is 12.4 Å². The number of carboxylic acids is 1. The van der Waals surface area contributed by atoms with Gasteiger partial charge in [-0.25, -0.2) is 0 Å². The number of hydrogen-bond acceptors (Lipinski definition) is 3. The van der Waals surface area contributed by atoms with Crippen molar-refractivity contribution >= 4 is 41.9 Å². The summed E-state index contributed by atoms with van der Waals surface area (Å²) < 4.78 is -0.338. The molecular weight excluding hydrogens is 273 g/mol. The van der Waals surface area contributed by atoms with Gasteiger partial charge in [0.25, 0.3) is 0 Å². The van der Waals surface area contributed by atoms with E-state index >= 15 is 0 Å². The van der Waals surface area contributed by atoms with Gasteiger partial charge in [-0.05, 0) is 0 Å². The number of carbonyl (C=O) groups is 1. The average molecular weight is 290 g/mol. The van der Waals surface area contributed by atoms with E-state index in [1.165, 1.54) is 0 Å². The van der Waals surface area contributed by atoms with Crippen molar-refractivity contribution in [3.8, 4) is 0 Å². The first kappa shape index (κ1) is 16.1. The number of hydrogen-bond donors (Lipinski definition) is 2. The van der Waals surface area contributed by atoms with E-state index in [0.29, 0.717) is 0 Å². The molecule has 0 aromatic rings. The minimum Gasteiger partial charge on any atom is -0.147 e. The molecule has 0 rings (SSSR count). The van der Waals surface area contributed by atoms with Crippen LogP contribution in [-0.2, 0) is 4.79 Å². The summed E-state index contributed by atoms with van der Waals surface area (Å²) in [4.78, 5) is 10.6. The summed E-state index contributed by atoms with van der Waals surface area (Å²) in [6.07, 6.45) is 0. The van der Waals surface area contributed by atoms with E-state index in [9.17, 15) is 4.79 Å². The maximum Gasteiger partial charge on any atom is -0.147 e. The van der Waals surface area contributed by atoms with Crippen LogP contribution in [-0.4, -0.2) is 35.4 Å². The Kier molecular flexibility index (Phi) is 7.64. The monoisotopic (exact) mass is 289 g/mol. The Balaban J connectivity index is 0. The molecule has 80 valence electrons. The molecule has 1 unspecified atom stereocenters. The van der Waals surface area contributed by atoms with Gasteiger partial charge in [0.15, 0.2) is 0 Å². The van der Waals surface area contributed by atoms with Crippen LogP contribution >= 0.6 is 22.4 Å². The summed E-state index contributed by atoms with van der Waals surface area (Å²) in [6.45, 7) is 3.79. The smallest absolute Gasteiger partial charge is 0.147 e. The fraction of sp³-hybridized carbons (Fsp3) is 0.857. The summed E-state index contributed by atoms with van der Waals surface area (Å²) >= 11 is -0.880. The first-order chi connectivity index (χ1) is 5.27. The van der Waals surface area contributed by atoms with Crippen molar-refractivity contribution in [1.82, 2.24) is 0 Å². The minimum absolute atomic E-state index is 0. The van der Waals surface area contributed by atoms with Crippen LogP contribution in [0.25, 0.3) is 0 Å². The molecule has 0 aliphatic carbocycles. The van der Waals surface area contributed by atoms with Gasteiger partial charge in [-0.2, -0.15) is 0 Å². The molecule has 0 aromatic carbocycles. The summed E-state index contributed by atoms with van der Waals surface area (Å²) in [5, 5.41) is 8.71. The Morgan fingerprint density at radius 3 is 2.15 bits per heavy atom. The maximum atomic E-state index is 10.6. The van der Waals surface area contributed by atoms with Gasteiger partial charge in [-0.3, -0.25) is 0 Å². The van der Waals surface area contributed by atoms with Crippen LogP contribution in [0.4, 0.5) is 0 Å². The molecular formula is C7H17AsClNO2S. The number of halogens is 1. The molecule has 0 heterocycles. The molecule has 0 amide bonds. The Labute approximate surface area is 93.5 Å². The minimum atomic E-state index is -0.914. The third-order valence-corrected chi connectivity index (χ3v) is 7.78. The van der Waals surface area contributed by atoms with E-state index in [-0.39, 0.29) is 17.2 Å². The first-order valence-electron chi connectivity index (χ1n) is 3.62. The molecule has 13 heavy (non-hydrogen) atoms. The molecule has 0 fully saturated rings. The second-order valence-corrected chi connectivity index (χ2v) is 12.9. The van der Waals surface area contributed by atoms with Crippen LogP contribution < -0.4 is 5.73 Å². The maximum absolute atomic E-state index is 10.6. The average Bonchev–Trinajstić information content (AvgIpc) is 1.82. The van der Waals surface area contributed by atoms with Crippen LogP contribution in [0.5, 0.6) is 0 Å². The summed E-state index contributed by atoms with van der Waals surface area (Å²) in [6, 6.07) is -0.765. The number of rotatable bonds is 4. The van der Waals surface area contributed by atoms with E-state index in [4.69, 9.17) is 10.8 Å². The van der Waals surface area contributed by atoms with Gasteiger partial charge in [-0.1, -0.05) is 0 Å². The zero-order valence-electron chi connectivity index (χ0n) is 8.27. The topological polar surface area (TPSA) is 63.3 Å². The Bertz CT molecular complexity index is 178. The normalized spacial score (nSPS) is 13.7. The quantitative estimate of drug-likeness (QED) is 0.772. The zero-order chi connectivity index (χ0) is 9.94. The molecule has 1 atom stereocenters. The zero-order valence-corrected chi connectivity index (χ0v) is 11.8. The van der Waals surface area contributed by atoms with Crippen molar-refractivity contribution in [3.63, 3.8) is 0 Å². The number of aliphatic carboxylic acids is 1. The fourth-order valence-corrected chi connectivity index (χ4v) is 8.62.